The zero-order chi connectivity index (χ0) is 12.2. The van der Waals surface area contributed by atoms with Gasteiger partial charge in [-0.15, -0.1) is 0 Å². The monoisotopic (exact) mass is 217 g/mol. The van der Waals surface area contributed by atoms with E-state index >= 15 is 0 Å². The van der Waals surface area contributed by atoms with Gasteiger partial charge in [-0.05, 0) is 27.7 Å². The maximum atomic E-state index is 11.5. The zero-order valence-corrected chi connectivity index (χ0v) is 9.83. The van der Waals surface area contributed by atoms with Crippen LogP contribution in [0.5, 0.6) is 0 Å². The molecule has 3 N–H and O–H groups in total. The molecule has 0 radical (unpaired) electrons. The minimum atomic E-state index is -0.662. The van der Waals surface area contributed by atoms with Crippen LogP contribution in [0.4, 0.5) is 4.79 Å². The molecular formula is C9H19N3O3. The van der Waals surface area contributed by atoms with Crippen molar-refractivity contribution < 1.29 is 14.3 Å². The van der Waals surface area contributed by atoms with Gasteiger partial charge in [-0.3, -0.25) is 15.1 Å². The smallest absolute Gasteiger partial charge is 0.410 e. The van der Waals surface area contributed by atoms with Crippen LogP contribution in [0.15, 0.2) is 0 Å². The van der Waals surface area contributed by atoms with Crippen molar-refractivity contribution in [2.24, 2.45) is 5.84 Å². The molecule has 0 aromatic rings. The summed E-state index contributed by atoms with van der Waals surface area (Å²) in [4.78, 5) is 23.8. The van der Waals surface area contributed by atoms with Crippen molar-refractivity contribution in [3.63, 3.8) is 0 Å². The molecule has 0 rings (SSSR count). The van der Waals surface area contributed by atoms with Gasteiger partial charge in [0.2, 0.25) is 0 Å². The number of hydrogen-bond acceptors (Lipinski definition) is 4. The minimum Gasteiger partial charge on any atom is -0.444 e. The van der Waals surface area contributed by atoms with Crippen LogP contribution in [0.3, 0.4) is 0 Å². The lowest BCUT2D eigenvalue weighted by atomic mass is 10.2. The molecule has 0 aliphatic rings. The Balaban J connectivity index is 4.39. The molecule has 2 amide bonds. The number of ether oxygens (including phenoxy) is 1. The fourth-order valence-electron chi connectivity index (χ4n) is 0.789. The van der Waals surface area contributed by atoms with Crippen LogP contribution in [0.2, 0.25) is 0 Å². The van der Waals surface area contributed by atoms with Gasteiger partial charge in [-0.2, -0.15) is 0 Å². The largest absolute Gasteiger partial charge is 0.444 e. The van der Waals surface area contributed by atoms with Crippen LogP contribution < -0.4 is 11.3 Å². The minimum absolute atomic E-state index is 0.441. The summed E-state index contributed by atoms with van der Waals surface area (Å²) in [7, 11) is 1.48. The topological polar surface area (TPSA) is 84.7 Å². The Hall–Kier alpha value is -1.30. The standard InChI is InChI=1S/C9H19N3O3/c1-6(7(13)11-10)12(5)8(14)15-9(2,3)4/h6H,10H2,1-5H3,(H,11,13)/t6-/m0/s1. The first-order valence-corrected chi connectivity index (χ1v) is 4.65. The zero-order valence-electron chi connectivity index (χ0n) is 9.83. The Labute approximate surface area is 89.7 Å². The number of hydrazine groups is 1. The van der Waals surface area contributed by atoms with Gasteiger partial charge in [-0.25, -0.2) is 10.6 Å². The number of nitrogens with zero attached hydrogens (tertiary/aromatic N) is 1. The Bertz CT molecular complexity index is 247. The second kappa shape index (κ2) is 4.97. The molecule has 0 saturated carbocycles. The molecule has 0 heterocycles. The molecule has 0 unspecified atom stereocenters. The van der Waals surface area contributed by atoms with E-state index in [0.717, 1.165) is 0 Å². The maximum Gasteiger partial charge on any atom is 0.410 e. The van der Waals surface area contributed by atoms with Gasteiger partial charge < -0.3 is 4.74 Å². The first-order valence-electron chi connectivity index (χ1n) is 4.65. The van der Waals surface area contributed by atoms with E-state index in [9.17, 15) is 9.59 Å². The third-order valence-electron chi connectivity index (χ3n) is 1.78. The average molecular weight is 217 g/mol. The summed E-state index contributed by atoms with van der Waals surface area (Å²) in [5, 5.41) is 0. The van der Waals surface area contributed by atoms with Gasteiger partial charge in [0.1, 0.15) is 11.6 Å². The Morgan fingerprint density at radius 1 is 1.40 bits per heavy atom. The molecule has 88 valence electrons. The highest BCUT2D eigenvalue weighted by molar-refractivity contribution is 5.84. The molecule has 6 heteroatoms. The Kier molecular flexibility index (Phi) is 4.54. The number of carbonyl (C=O) groups is 2. The quantitative estimate of drug-likeness (QED) is 0.394. The number of amides is 2. The van der Waals surface area contributed by atoms with Crippen LogP contribution in [0.1, 0.15) is 27.7 Å². The van der Waals surface area contributed by atoms with Crippen LogP contribution in [-0.2, 0) is 9.53 Å². The van der Waals surface area contributed by atoms with E-state index in [2.05, 4.69) is 0 Å². The van der Waals surface area contributed by atoms with Gasteiger partial charge >= 0.3 is 6.09 Å². The van der Waals surface area contributed by atoms with Crippen LogP contribution in [-0.4, -0.2) is 35.6 Å². The second-order valence-electron chi connectivity index (χ2n) is 4.28. The summed E-state index contributed by atoms with van der Waals surface area (Å²) in [6.07, 6.45) is -0.557. The summed E-state index contributed by atoms with van der Waals surface area (Å²) in [5.74, 6) is 4.52. The number of nitrogens with one attached hydrogen (secondary N) is 1. The van der Waals surface area contributed by atoms with Crippen molar-refractivity contribution in [3.05, 3.63) is 0 Å². The first-order chi connectivity index (χ1) is 6.69. The van der Waals surface area contributed by atoms with E-state index < -0.39 is 23.6 Å². The third kappa shape index (κ3) is 4.64. The number of rotatable bonds is 2. The lowest BCUT2D eigenvalue weighted by Gasteiger charge is -2.27. The third-order valence-corrected chi connectivity index (χ3v) is 1.78. The molecule has 1 atom stereocenters. The molecule has 0 aliphatic heterocycles. The number of carbonyl (C=O) groups excluding carboxylic acids is 2. The van der Waals surface area contributed by atoms with E-state index in [1.165, 1.54) is 11.9 Å². The highest BCUT2D eigenvalue weighted by Gasteiger charge is 2.26. The van der Waals surface area contributed by atoms with Crippen molar-refractivity contribution in [1.82, 2.24) is 10.3 Å². The molecule has 0 bridgehead atoms. The van der Waals surface area contributed by atoms with Crippen LogP contribution in [0, 0.1) is 0 Å². The maximum absolute atomic E-state index is 11.5. The van der Waals surface area contributed by atoms with E-state index in [1.807, 2.05) is 5.43 Å². The summed E-state index contributed by atoms with van der Waals surface area (Å²) in [6, 6.07) is -0.662. The van der Waals surface area contributed by atoms with Gasteiger partial charge in [0.15, 0.2) is 0 Å². The molecule has 0 aromatic carbocycles. The van der Waals surface area contributed by atoms with Gasteiger partial charge in [0, 0.05) is 7.05 Å². The Morgan fingerprint density at radius 2 is 1.87 bits per heavy atom. The number of hydrogen-bond donors (Lipinski definition) is 2. The fourth-order valence-corrected chi connectivity index (χ4v) is 0.789. The number of nitrogens with two attached hydrogens (primary N) is 1. The predicted molar refractivity (Wildman–Crippen MR) is 55.8 cm³/mol. The van der Waals surface area contributed by atoms with Gasteiger partial charge in [0.05, 0.1) is 0 Å². The summed E-state index contributed by atoms with van der Waals surface area (Å²) < 4.78 is 5.08. The molecule has 6 nitrogen and oxygen atoms in total. The van der Waals surface area contributed by atoms with Crippen molar-refractivity contribution in [2.45, 2.75) is 39.3 Å². The molecule has 0 saturated heterocycles. The first kappa shape index (κ1) is 13.7. The molecule has 0 spiro atoms. The predicted octanol–water partition coefficient (Wildman–Crippen LogP) is 0.232. The van der Waals surface area contributed by atoms with Gasteiger partial charge in [0.25, 0.3) is 5.91 Å². The van der Waals surface area contributed by atoms with Crippen LogP contribution >= 0.6 is 0 Å². The lowest BCUT2D eigenvalue weighted by Crippen LogP contribution is -2.49. The molecule has 0 fully saturated rings. The van der Waals surface area contributed by atoms with E-state index in [0.29, 0.717) is 0 Å². The van der Waals surface area contributed by atoms with Crippen molar-refractivity contribution in [2.75, 3.05) is 7.05 Å². The lowest BCUT2D eigenvalue weighted by molar-refractivity contribution is -0.125. The molecule has 0 aliphatic carbocycles. The highest BCUT2D eigenvalue weighted by atomic mass is 16.6. The fraction of sp³-hybridized carbons (Fsp3) is 0.778. The summed E-state index contributed by atoms with van der Waals surface area (Å²) in [6.45, 7) is 6.83. The highest BCUT2D eigenvalue weighted by Crippen LogP contribution is 2.10. The molecular weight excluding hydrogens is 198 g/mol. The molecule has 15 heavy (non-hydrogen) atoms. The van der Waals surface area contributed by atoms with Crippen molar-refractivity contribution in [1.29, 1.82) is 0 Å². The summed E-state index contributed by atoms with van der Waals surface area (Å²) >= 11 is 0. The van der Waals surface area contributed by atoms with Crippen molar-refractivity contribution >= 4 is 12.0 Å². The Morgan fingerprint density at radius 3 is 2.20 bits per heavy atom. The van der Waals surface area contributed by atoms with E-state index in [4.69, 9.17) is 10.6 Å². The van der Waals surface area contributed by atoms with Crippen molar-refractivity contribution in [3.8, 4) is 0 Å². The van der Waals surface area contributed by atoms with Crippen LogP contribution in [0.25, 0.3) is 0 Å². The second-order valence-corrected chi connectivity index (χ2v) is 4.28. The van der Waals surface area contributed by atoms with Gasteiger partial charge in [-0.1, -0.05) is 0 Å². The normalized spacial score (nSPS) is 12.9. The molecule has 0 aromatic heterocycles. The average Bonchev–Trinajstić information content (AvgIpc) is 2.11. The van der Waals surface area contributed by atoms with E-state index in [-0.39, 0.29) is 0 Å². The number of likely N-dealkylation sites (N-methyl/N-ethyl adjacent to an activating group) is 1. The van der Waals surface area contributed by atoms with E-state index in [1.54, 1.807) is 27.7 Å². The SMILES string of the molecule is C[C@@H](C(=O)NN)N(C)C(=O)OC(C)(C)C. The summed E-state index contributed by atoms with van der Waals surface area (Å²) in [5.41, 5.74) is 1.40.